The second-order valence-corrected chi connectivity index (χ2v) is 12.4. The molecule has 1 aliphatic rings. The third-order valence-corrected chi connectivity index (χ3v) is 8.40. The van der Waals surface area contributed by atoms with E-state index in [0.717, 1.165) is 64.4 Å². The summed E-state index contributed by atoms with van der Waals surface area (Å²) >= 11 is 0. The van der Waals surface area contributed by atoms with Crippen molar-refractivity contribution in [3.63, 3.8) is 0 Å². The number of carbonyl (C=O) groups excluding carboxylic acids is 2. The van der Waals surface area contributed by atoms with Crippen LogP contribution in [-0.4, -0.2) is 79.7 Å². The van der Waals surface area contributed by atoms with Gasteiger partial charge in [0, 0.05) is 19.1 Å². The molecule has 0 spiro atoms. The fraction of sp³-hybridized carbons (Fsp3) is 0.939. The van der Waals surface area contributed by atoms with Crippen LogP contribution in [-0.2, 0) is 9.63 Å². The van der Waals surface area contributed by atoms with Crippen molar-refractivity contribution >= 4 is 12.4 Å². The van der Waals surface area contributed by atoms with Gasteiger partial charge in [0.1, 0.15) is 0 Å². The first-order valence-electron chi connectivity index (χ1n) is 17.0. The maximum absolute atomic E-state index is 12.7. The zero-order valence-corrected chi connectivity index (χ0v) is 27.0. The summed E-state index contributed by atoms with van der Waals surface area (Å²) in [5.41, 5.74) is 0. The third-order valence-electron chi connectivity index (χ3n) is 8.40. The van der Waals surface area contributed by atoms with Crippen molar-refractivity contribution < 1.29 is 14.4 Å². The third kappa shape index (κ3) is 18.9. The summed E-state index contributed by atoms with van der Waals surface area (Å²) in [7, 11) is 4.10. The zero-order chi connectivity index (χ0) is 29.3. The SMILES string of the molecule is CCCCCCCCCCCCCCCCCC(C)N(C=O)OCCC1CCCCN1C(=O)NCCCN(C)C. The Morgan fingerprint density at radius 1 is 0.900 bits per heavy atom. The lowest BCUT2D eigenvalue weighted by molar-refractivity contribution is -0.187. The van der Waals surface area contributed by atoms with Crippen LogP contribution in [0.15, 0.2) is 0 Å². The van der Waals surface area contributed by atoms with Gasteiger partial charge in [-0.05, 0) is 66.1 Å². The number of carbonyl (C=O) groups is 2. The number of nitrogens with one attached hydrogen (secondary N) is 1. The van der Waals surface area contributed by atoms with E-state index < -0.39 is 0 Å². The highest BCUT2D eigenvalue weighted by Crippen LogP contribution is 2.21. The van der Waals surface area contributed by atoms with E-state index in [4.69, 9.17) is 4.84 Å². The monoisotopic (exact) mass is 567 g/mol. The van der Waals surface area contributed by atoms with Crippen LogP contribution in [0.5, 0.6) is 0 Å². The lowest BCUT2D eigenvalue weighted by Crippen LogP contribution is -2.49. The molecule has 1 N–H and O–H groups in total. The van der Waals surface area contributed by atoms with Gasteiger partial charge in [0.2, 0.25) is 6.41 Å². The van der Waals surface area contributed by atoms with Crippen LogP contribution < -0.4 is 5.32 Å². The molecular formula is C33H66N4O3. The van der Waals surface area contributed by atoms with E-state index in [9.17, 15) is 9.59 Å². The molecule has 7 nitrogen and oxygen atoms in total. The summed E-state index contributed by atoms with van der Waals surface area (Å²) in [6, 6.07) is 0.307. The summed E-state index contributed by atoms with van der Waals surface area (Å²) in [5, 5.41) is 4.58. The fourth-order valence-electron chi connectivity index (χ4n) is 5.75. The molecule has 1 aliphatic heterocycles. The van der Waals surface area contributed by atoms with Crippen LogP contribution in [0, 0.1) is 0 Å². The number of amides is 3. The van der Waals surface area contributed by atoms with Crippen LogP contribution in [0.2, 0.25) is 0 Å². The van der Waals surface area contributed by atoms with Gasteiger partial charge in [0.25, 0.3) is 0 Å². The highest BCUT2D eigenvalue weighted by molar-refractivity contribution is 5.74. The average Bonchev–Trinajstić information content (AvgIpc) is 2.95. The first kappa shape index (κ1) is 36.7. The second-order valence-electron chi connectivity index (χ2n) is 12.4. The quantitative estimate of drug-likeness (QED) is 0.0656. The van der Waals surface area contributed by atoms with Crippen molar-refractivity contribution in [2.75, 3.05) is 40.3 Å². The number of urea groups is 1. The van der Waals surface area contributed by atoms with E-state index in [1.807, 2.05) is 19.0 Å². The summed E-state index contributed by atoms with van der Waals surface area (Å²) in [5.74, 6) is 0. The topological polar surface area (TPSA) is 65.1 Å². The van der Waals surface area contributed by atoms with Crippen molar-refractivity contribution in [2.45, 2.75) is 161 Å². The Kier molecular flexibility index (Phi) is 23.3. The largest absolute Gasteiger partial charge is 0.338 e. The molecule has 2 unspecified atom stereocenters. The highest BCUT2D eigenvalue weighted by Gasteiger charge is 2.26. The van der Waals surface area contributed by atoms with E-state index in [0.29, 0.717) is 13.2 Å². The molecule has 1 rings (SSSR count). The Labute approximate surface area is 248 Å². The Balaban J connectivity index is 2.09. The number of hydrogen-bond acceptors (Lipinski definition) is 4. The van der Waals surface area contributed by atoms with Gasteiger partial charge in [0.05, 0.1) is 12.6 Å². The molecule has 0 aliphatic carbocycles. The molecule has 1 saturated heterocycles. The molecule has 0 radical (unpaired) electrons. The Morgan fingerprint density at radius 2 is 1.48 bits per heavy atom. The fourth-order valence-corrected chi connectivity index (χ4v) is 5.75. The van der Waals surface area contributed by atoms with E-state index >= 15 is 0 Å². The molecule has 0 saturated carbocycles. The van der Waals surface area contributed by atoms with E-state index in [1.165, 1.54) is 95.0 Å². The number of nitrogens with zero attached hydrogens (tertiary/aromatic N) is 3. The lowest BCUT2D eigenvalue weighted by Gasteiger charge is -2.36. The first-order valence-corrected chi connectivity index (χ1v) is 17.0. The molecule has 2 atom stereocenters. The number of piperidine rings is 1. The van der Waals surface area contributed by atoms with Crippen LogP contribution in [0.1, 0.15) is 149 Å². The number of rotatable bonds is 26. The number of hydroxylamine groups is 2. The van der Waals surface area contributed by atoms with Crippen LogP contribution in [0.25, 0.3) is 0 Å². The Morgan fingerprint density at radius 3 is 2.02 bits per heavy atom. The molecule has 0 aromatic rings. The zero-order valence-electron chi connectivity index (χ0n) is 27.0. The van der Waals surface area contributed by atoms with E-state index in [2.05, 4.69) is 24.1 Å². The minimum atomic E-state index is 0.0391. The summed E-state index contributed by atoms with van der Waals surface area (Å²) < 4.78 is 0. The van der Waals surface area contributed by atoms with E-state index in [1.54, 1.807) is 0 Å². The van der Waals surface area contributed by atoms with Crippen molar-refractivity contribution in [3.8, 4) is 0 Å². The molecule has 3 amide bonds. The summed E-state index contributed by atoms with van der Waals surface area (Å²) in [6.45, 7) is 7.30. The van der Waals surface area contributed by atoms with Crippen LogP contribution in [0.3, 0.4) is 0 Å². The predicted molar refractivity (Wildman–Crippen MR) is 168 cm³/mol. The molecule has 40 heavy (non-hydrogen) atoms. The molecule has 0 bridgehead atoms. The Bertz CT molecular complexity index is 604. The average molecular weight is 567 g/mol. The molecule has 7 heteroatoms. The lowest BCUT2D eigenvalue weighted by atomic mass is 10.00. The van der Waals surface area contributed by atoms with Crippen LogP contribution >= 0.6 is 0 Å². The van der Waals surface area contributed by atoms with Gasteiger partial charge in [-0.25, -0.2) is 9.86 Å². The van der Waals surface area contributed by atoms with Gasteiger partial charge in [-0.2, -0.15) is 0 Å². The highest BCUT2D eigenvalue weighted by atomic mass is 16.7. The number of hydrogen-bond donors (Lipinski definition) is 1. The molecule has 0 aromatic carbocycles. The van der Waals surface area contributed by atoms with Gasteiger partial charge in [-0.1, -0.05) is 103 Å². The van der Waals surface area contributed by atoms with Crippen molar-refractivity contribution in [3.05, 3.63) is 0 Å². The molecule has 0 aromatic heterocycles. The van der Waals surface area contributed by atoms with Crippen LogP contribution in [0.4, 0.5) is 4.79 Å². The first-order chi connectivity index (χ1) is 19.5. The van der Waals surface area contributed by atoms with Gasteiger partial charge < -0.3 is 15.1 Å². The van der Waals surface area contributed by atoms with Gasteiger partial charge in [0.15, 0.2) is 0 Å². The molecular weight excluding hydrogens is 500 g/mol. The molecule has 236 valence electrons. The minimum Gasteiger partial charge on any atom is -0.338 e. The minimum absolute atomic E-state index is 0.0391. The van der Waals surface area contributed by atoms with Crippen molar-refractivity contribution in [1.29, 1.82) is 0 Å². The van der Waals surface area contributed by atoms with Crippen molar-refractivity contribution in [1.82, 2.24) is 20.2 Å². The number of unbranched alkanes of at least 4 members (excludes halogenated alkanes) is 14. The summed E-state index contributed by atoms with van der Waals surface area (Å²) in [4.78, 5) is 34.4. The smallest absolute Gasteiger partial charge is 0.317 e. The summed E-state index contributed by atoms with van der Waals surface area (Å²) in [6.07, 6.45) is 27.1. The van der Waals surface area contributed by atoms with Gasteiger partial charge in [-0.15, -0.1) is 0 Å². The normalized spacial score (nSPS) is 16.3. The maximum atomic E-state index is 12.7. The molecule has 1 fully saturated rings. The maximum Gasteiger partial charge on any atom is 0.317 e. The second kappa shape index (κ2) is 25.4. The van der Waals surface area contributed by atoms with Gasteiger partial charge in [-0.3, -0.25) is 9.63 Å². The van der Waals surface area contributed by atoms with Crippen molar-refractivity contribution in [2.24, 2.45) is 0 Å². The Hall–Kier alpha value is -1.34. The van der Waals surface area contributed by atoms with E-state index in [-0.39, 0.29) is 18.1 Å². The molecule has 1 heterocycles. The predicted octanol–water partition coefficient (Wildman–Crippen LogP) is 7.93. The standard InChI is InChI=1S/C33H66N4O3/c1-5-6-7-8-9-10-11-12-13-14-15-16-17-18-19-23-31(2)37(30-38)40-29-25-32-24-20-21-28-36(32)33(39)34-26-22-27-35(3)4/h30-32H,5-29H2,1-4H3,(H,34,39). The van der Waals surface area contributed by atoms with Gasteiger partial charge >= 0.3 is 6.03 Å². The number of likely N-dealkylation sites (tertiary alicyclic amines) is 1.